The van der Waals surface area contributed by atoms with Gasteiger partial charge in [0.1, 0.15) is 0 Å². The summed E-state index contributed by atoms with van der Waals surface area (Å²) in [4.78, 5) is 34.9. The number of aromatic nitrogens is 4. The van der Waals surface area contributed by atoms with Gasteiger partial charge in [-0.25, -0.2) is 22.7 Å². The third-order valence-electron chi connectivity index (χ3n) is 5.67. The van der Waals surface area contributed by atoms with Gasteiger partial charge in [-0.05, 0) is 45.4 Å². The zero-order chi connectivity index (χ0) is 24.6. The summed E-state index contributed by atoms with van der Waals surface area (Å²) in [5.41, 5.74) is 3.18. The fourth-order valence-corrected chi connectivity index (χ4v) is 5.57. The smallest absolute Gasteiger partial charge is 0.378 e. The molecular weight excluding hydrogens is 460 g/mol. The minimum atomic E-state index is -3.65. The molecule has 34 heavy (non-hydrogen) atoms. The lowest BCUT2D eigenvalue weighted by molar-refractivity contribution is -0.135. The number of esters is 1. The molecule has 0 radical (unpaired) electrons. The Morgan fingerprint density at radius 2 is 1.71 bits per heavy atom. The lowest BCUT2D eigenvalue weighted by Gasteiger charge is -2.34. The van der Waals surface area contributed by atoms with Crippen LogP contribution in [0.15, 0.2) is 29.2 Å². The predicted molar refractivity (Wildman–Crippen MR) is 122 cm³/mol. The van der Waals surface area contributed by atoms with E-state index < -0.39 is 28.5 Å². The number of fused-ring (bicyclic) bond motifs is 1. The van der Waals surface area contributed by atoms with Crippen molar-refractivity contribution in [2.24, 2.45) is 0 Å². The molecule has 11 nitrogen and oxygen atoms in total. The first kappa shape index (κ1) is 23.8. The van der Waals surface area contributed by atoms with Crippen molar-refractivity contribution in [1.29, 1.82) is 0 Å². The lowest BCUT2D eigenvalue weighted by atomic mass is 10.2. The topological polar surface area (TPSA) is 127 Å². The number of sulfonamides is 1. The predicted octanol–water partition coefficient (Wildman–Crippen LogP) is 1.05. The zero-order valence-electron chi connectivity index (χ0n) is 19.5. The molecule has 1 aromatic carbocycles. The van der Waals surface area contributed by atoms with Crippen molar-refractivity contribution in [3.8, 4) is 0 Å². The van der Waals surface area contributed by atoms with Gasteiger partial charge in [-0.15, -0.1) is 5.10 Å². The molecule has 2 aromatic heterocycles. The first-order valence-corrected chi connectivity index (χ1v) is 12.2. The van der Waals surface area contributed by atoms with E-state index in [1.54, 1.807) is 25.1 Å². The molecule has 0 unspecified atom stereocenters. The Labute approximate surface area is 197 Å². The Kier molecular flexibility index (Phi) is 6.36. The van der Waals surface area contributed by atoms with Crippen LogP contribution >= 0.6 is 0 Å². The van der Waals surface area contributed by atoms with Gasteiger partial charge in [0.25, 0.3) is 17.5 Å². The molecule has 0 N–H and O–H groups in total. The molecule has 1 amide bonds. The van der Waals surface area contributed by atoms with E-state index >= 15 is 0 Å². The second-order valence-corrected chi connectivity index (χ2v) is 10.2. The van der Waals surface area contributed by atoms with Crippen LogP contribution in [0, 0.1) is 27.7 Å². The second kappa shape index (κ2) is 9.11. The molecule has 12 heteroatoms. The highest BCUT2D eigenvalue weighted by molar-refractivity contribution is 7.89. The first-order valence-electron chi connectivity index (χ1n) is 10.8. The number of carbonyl (C=O) groups is 2. The van der Waals surface area contributed by atoms with Crippen molar-refractivity contribution in [1.82, 2.24) is 28.8 Å². The van der Waals surface area contributed by atoms with Crippen LogP contribution in [0.1, 0.15) is 33.1 Å². The quantitative estimate of drug-likeness (QED) is 0.490. The molecule has 0 aliphatic carbocycles. The van der Waals surface area contributed by atoms with Gasteiger partial charge >= 0.3 is 5.97 Å². The maximum absolute atomic E-state index is 13.0. The molecule has 1 fully saturated rings. The second-order valence-electron chi connectivity index (χ2n) is 8.32. The first-order chi connectivity index (χ1) is 16.1. The standard InChI is InChI=1S/C22H26N6O5S/c1-14-5-6-18(15(2)11-14)34(31,32)27-9-7-26(8-10-27)19(29)13-33-21(30)20-24-22-23-16(3)12-17(4)28(22)25-20/h5-6,11-12H,7-10,13H2,1-4H3. The number of hydrogen-bond acceptors (Lipinski definition) is 8. The Hall–Kier alpha value is -3.38. The molecule has 0 bridgehead atoms. The van der Waals surface area contributed by atoms with Crippen molar-refractivity contribution in [3.63, 3.8) is 0 Å². The Bertz CT molecular complexity index is 1380. The van der Waals surface area contributed by atoms with Crippen molar-refractivity contribution in [2.75, 3.05) is 32.8 Å². The molecule has 0 spiro atoms. The summed E-state index contributed by atoms with van der Waals surface area (Å²) in [6.07, 6.45) is 0. The molecule has 3 heterocycles. The molecule has 1 aliphatic heterocycles. The maximum atomic E-state index is 13.0. The van der Waals surface area contributed by atoms with E-state index in [1.165, 1.54) is 13.7 Å². The number of rotatable bonds is 5. The van der Waals surface area contributed by atoms with Gasteiger partial charge in [0, 0.05) is 37.6 Å². The van der Waals surface area contributed by atoms with Crippen molar-refractivity contribution in [3.05, 3.63) is 52.6 Å². The number of nitrogens with zero attached hydrogens (tertiary/aromatic N) is 6. The number of aryl methyl sites for hydroxylation is 4. The van der Waals surface area contributed by atoms with Crippen LogP contribution in [-0.2, 0) is 19.6 Å². The fourth-order valence-electron chi connectivity index (χ4n) is 3.94. The zero-order valence-corrected chi connectivity index (χ0v) is 20.3. The van der Waals surface area contributed by atoms with E-state index in [9.17, 15) is 18.0 Å². The van der Waals surface area contributed by atoms with Crippen LogP contribution in [0.2, 0.25) is 0 Å². The Morgan fingerprint density at radius 3 is 2.38 bits per heavy atom. The van der Waals surface area contributed by atoms with Crippen LogP contribution in [-0.4, -0.2) is 81.9 Å². The van der Waals surface area contributed by atoms with Crippen molar-refractivity contribution >= 4 is 27.7 Å². The monoisotopic (exact) mass is 486 g/mol. The van der Waals surface area contributed by atoms with E-state index in [-0.39, 0.29) is 42.7 Å². The van der Waals surface area contributed by atoms with Gasteiger partial charge < -0.3 is 9.64 Å². The summed E-state index contributed by atoms with van der Waals surface area (Å²) < 4.78 is 33.9. The van der Waals surface area contributed by atoms with E-state index in [0.29, 0.717) is 5.56 Å². The summed E-state index contributed by atoms with van der Waals surface area (Å²) in [6, 6.07) is 7.02. The van der Waals surface area contributed by atoms with Gasteiger partial charge in [0.15, 0.2) is 6.61 Å². The van der Waals surface area contributed by atoms with Crippen LogP contribution < -0.4 is 0 Å². The highest BCUT2D eigenvalue weighted by Gasteiger charge is 2.31. The molecule has 4 rings (SSSR count). The van der Waals surface area contributed by atoms with Gasteiger partial charge in [-0.1, -0.05) is 17.7 Å². The van der Waals surface area contributed by atoms with Crippen LogP contribution in [0.4, 0.5) is 0 Å². The highest BCUT2D eigenvalue weighted by Crippen LogP contribution is 2.22. The summed E-state index contributed by atoms with van der Waals surface area (Å²) in [5.74, 6) is -1.15. The maximum Gasteiger partial charge on any atom is 0.378 e. The third kappa shape index (κ3) is 4.64. The minimum Gasteiger partial charge on any atom is -0.450 e. The van der Waals surface area contributed by atoms with Gasteiger partial charge in [0.2, 0.25) is 10.0 Å². The summed E-state index contributed by atoms with van der Waals surface area (Å²) in [7, 11) is -3.65. The van der Waals surface area contributed by atoms with E-state index in [2.05, 4.69) is 15.1 Å². The number of hydrogen-bond donors (Lipinski definition) is 0. The van der Waals surface area contributed by atoms with Gasteiger partial charge in [-0.3, -0.25) is 4.79 Å². The lowest BCUT2D eigenvalue weighted by Crippen LogP contribution is -2.51. The van der Waals surface area contributed by atoms with Crippen LogP contribution in [0.25, 0.3) is 5.78 Å². The molecular formula is C22H26N6O5S. The normalized spacial score (nSPS) is 15.0. The number of amides is 1. The van der Waals surface area contributed by atoms with Crippen molar-refractivity contribution in [2.45, 2.75) is 32.6 Å². The number of carbonyl (C=O) groups excluding carboxylic acids is 2. The average Bonchev–Trinajstić information content (AvgIpc) is 3.21. The fraction of sp³-hybridized carbons (Fsp3) is 0.409. The van der Waals surface area contributed by atoms with Crippen LogP contribution in [0.5, 0.6) is 0 Å². The van der Waals surface area contributed by atoms with Crippen LogP contribution in [0.3, 0.4) is 0 Å². The number of piperazine rings is 1. The number of benzene rings is 1. The molecule has 180 valence electrons. The molecule has 1 saturated heterocycles. The van der Waals surface area contributed by atoms with Crippen molar-refractivity contribution < 1.29 is 22.7 Å². The average molecular weight is 487 g/mol. The Morgan fingerprint density at radius 1 is 1.00 bits per heavy atom. The Balaban J connectivity index is 1.34. The molecule has 0 atom stereocenters. The third-order valence-corrected chi connectivity index (χ3v) is 7.73. The van der Waals surface area contributed by atoms with E-state index in [1.807, 2.05) is 26.8 Å². The SMILES string of the molecule is Cc1ccc(S(=O)(=O)N2CCN(C(=O)COC(=O)c3nc4nc(C)cc(C)n4n3)CC2)c(C)c1. The molecule has 0 saturated carbocycles. The molecule has 3 aromatic rings. The highest BCUT2D eigenvalue weighted by atomic mass is 32.2. The largest absolute Gasteiger partial charge is 0.450 e. The summed E-state index contributed by atoms with van der Waals surface area (Å²) >= 11 is 0. The summed E-state index contributed by atoms with van der Waals surface area (Å²) in [5, 5.41) is 4.09. The number of ether oxygens (including phenoxy) is 1. The molecule has 1 aliphatic rings. The van der Waals surface area contributed by atoms with E-state index in [0.717, 1.165) is 17.0 Å². The summed E-state index contributed by atoms with van der Waals surface area (Å²) in [6.45, 7) is 7.55. The van der Waals surface area contributed by atoms with Gasteiger partial charge in [0.05, 0.1) is 4.90 Å². The van der Waals surface area contributed by atoms with E-state index in [4.69, 9.17) is 4.74 Å². The minimum absolute atomic E-state index is 0.160. The van der Waals surface area contributed by atoms with Gasteiger partial charge in [-0.2, -0.15) is 9.29 Å².